The monoisotopic (exact) mass is 327 g/mol. The van der Waals surface area contributed by atoms with Gasteiger partial charge in [0.1, 0.15) is 5.75 Å². The number of alkyl halides is 3. The molecular weight excluding hydrogens is 307 g/mol. The molecule has 1 heterocycles. The number of carbonyl (C=O) groups excluding carboxylic acids is 1. The van der Waals surface area contributed by atoms with Crippen LogP contribution in [0.15, 0.2) is 24.3 Å². The Balaban J connectivity index is 1.61. The van der Waals surface area contributed by atoms with E-state index in [1.165, 1.54) is 4.90 Å². The Bertz CT molecular complexity index is 570. The van der Waals surface area contributed by atoms with Crippen LogP contribution in [0.2, 0.25) is 0 Å². The lowest BCUT2D eigenvalue weighted by molar-refractivity contribution is -0.188. The maximum atomic E-state index is 12.9. The van der Waals surface area contributed by atoms with Gasteiger partial charge in [-0.25, -0.2) is 0 Å². The molecule has 3 atom stereocenters. The number of piperidine rings is 1. The Morgan fingerprint density at radius 1 is 1.26 bits per heavy atom. The van der Waals surface area contributed by atoms with Crippen LogP contribution in [-0.4, -0.2) is 37.2 Å². The zero-order chi connectivity index (χ0) is 16.6. The molecule has 0 aromatic heterocycles. The number of nitrogens with zero attached hydrogens (tertiary/aromatic N) is 1. The Labute approximate surface area is 133 Å². The van der Waals surface area contributed by atoms with Crippen LogP contribution in [0.4, 0.5) is 13.2 Å². The van der Waals surface area contributed by atoms with Crippen molar-refractivity contribution in [2.75, 3.05) is 20.2 Å². The summed E-state index contributed by atoms with van der Waals surface area (Å²) >= 11 is 0. The number of likely N-dealkylation sites (tertiary alicyclic amines) is 1. The molecule has 1 aliphatic heterocycles. The van der Waals surface area contributed by atoms with Crippen LogP contribution in [0.3, 0.4) is 0 Å². The van der Waals surface area contributed by atoms with Gasteiger partial charge in [0.25, 0.3) is 0 Å². The predicted molar refractivity (Wildman–Crippen MR) is 79.2 cm³/mol. The van der Waals surface area contributed by atoms with E-state index in [-0.39, 0.29) is 30.7 Å². The van der Waals surface area contributed by atoms with Crippen LogP contribution in [0, 0.1) is 11.8 Å². The number of ether oxygens (including phenoxy) is 1. The fraction of sp³-hybridized carbons (Fsp3) is 0.588. The Hall–Kier alpha value is -1.72. The molecule has 0 radical (unpaired) electrons. The van der Waals surface area contributed by atoms with Crippen molar-refractivity contribution < 1.29 is 22.7 Å². The van der Waals surface area contributed by atoms with Crippen LogP contribution in [0.1, 0.15) is 30.7 Å². The summed E-state index contributed by atoms with van der Waals surface area (Å²) in [6.07, 6.45) is -2.94. The third-order valence-corrected chi connectivity index (χ3v) is 4.85. The van der Waals surface area contributed by atoms with Crippen molar-refractivity contribution in [2.45, 2.75) is 31.4 Å². The highest BCUT2D eigenvalue weighted by Crippen LogP contribution is 2.49. The molecule has 1 amide bonds. The van der Waals surface area contributed by atoms with Crippen molar-refractivity contribution in [1.82, 2.24) is 4.90 Å². The summed E-state index contributed by atoms with van der Waals surface area (Å²) in [5, 5.41) is 0. The molecule has 0 unspecified atom stereocenters. The molecule has 2 aliphatic rings. The van der Waals surface area contributed by atoms with Crippen molar-refractivity contribution in [3.63, 3.8) is 0 Å². The quantitative estimate of drug-likeness (QED) is 0.849. The van der Waals surface area contributed by atoms with Gasteiger partial charge in [0.2, 0.25) is 5.91 Å². The van der Waals surface area contributed by atoms with Gasteiger partial charge < -0.3 is 9.64 Å². The molecule has 3 nitrogen and oxygen atoms in total. The van der Waals surface area contributed by atoms with Crippen LogP contribution in [0.5, 0.6) is 5.75 Å². The normalized spacial score (nSPS) is 27.7. The summed E-state index contributed by atoms with van der Waals surface area (Å²) in [5.41, 5.74) is 1.05. The van der Waals surface area contributed by atoms with Gasteiger partial charge in [-0.3, -0.25) is 4.79 Å². The Morgan fingerprint density at radius 2 is 1.96 bits per heavy atom. The highest BCUT2D eigenvalue weighted by Gasteiger charge is 2.48. The van der Waals surface area contributed by atoms with Gasteiger partial charge >= 0.3 is 6.18 Å². The summed E-state index contributed by atoms with van der Waals surface area (Å²) in [6, 6.07) is 7.53. The highest BCUT2D eigenvalue weighted by atomic mass is 19.4. The molecule has 126 valence electrons. The number of hydrogen-bond acceptors (Lipinski definition) is 2. The molecule has 0 spiro atoms. The summed E-state index contributed by atoms with van der Waals surface area (Å²) in [5.74, 6) is -0.797. The largest absolute Gasteiger partial charge is 0.497 e. The van der Waals surface area contributed by atoms with Crippen LogP contribution >= 0.6 is 0 Å². The first kappa shape index (κ1) is 16.1. The first-order valence-electron chi connectivity index (χ1n) is 7.89. The molecule has 1 aliphatic carbocycles. The second-order valence-electron chi connectivity index (χ2n) is 6.39. The Kier molecular flexibility index (Phi) is 4.25. The minimum Gasteiger partial charge on any atom is -0.497 e. The number of hydrogen-bond donors (Lipinski definition) is 0. The van der Waals surface area contributed by atoms with Crippen molar-refractivity contribution in [2.24, 2.45) is 11.8 Å². The third kappa shape index (κ3) is 3.46. The molecule has 0 N–H and O–H groups in total. The molecular formula is C17H20F3NO2. The minimum absolute atomic E-state index is 0.125. The number of rotatable bonds is 3. The predicted octanol–water partition coefficient (Wildman–Crippen LogP) is 3.60. The van der Waals surface area contributed by atoms with Gasteiger partial charge in [0.05, 0.1) is 13.0 Å². The summed E-state index contributed by atoms with van der Waals surface area (Å²) in [7, 11) is 1.59. The van der Waals surface area contributed by atoms with Gasteiger partial charge in [-0.2, -0.15) is 13.2 Å². The van der Waals surface area contributed by atoms with Crippen LogP contribution in [-0.2, 0) is 4.79 Å². The number of benzene rings is 1. The van der Waals surface area contributed by atoms with Gasteiger partial charge in [-0.1, -0.05) is 12.1 Å². The fourth-order valence-corrected chi connectivity index (χ4v) is 3.37. The smallest absolute Gasteiger partial charge is 0.393 e. The lowest BCUT2D eigenvalue weighted by atomic mass is 9.97. The molecule has 1 aromatic carbocycles. The lowest BCUT2D eigenvalue weighted by Crippen LogP contribution is -2.45. The van der Waals surface area contributed by atoms with Crippen molar-refractivity contribution in [1.29, 1.82) is 0 Å². The van der Waals surface area contributed by atoms with Crippen molar-refractivity contribution in [3.05, 3.63) is 29.8 Å². The van der Waals surface area contributed by atoms with E-state index in [0.717, 1.165) is 17.7 Å². The first-order valence-corrected chi connectivity index (χ1v) is 7.89. The second kappa shape index (κ2) is 6.06. The highest BCUT2D eigenvalue weighted by molar-refractivity contribution is 5.83. The number of carbonyl (C=O) groups is 1. The van der Waals surface area contributed by atoms with E-state index in [4.69, 9.17) is 4.74 Å². The van der Waals surface area contributed by atoms with E-state index in [0.29, 0.717) is 13.0 Å². The average Bonchev–Trinajstić information content (AvgIpc) is 3.34. The van der Waals surface area contributed by atoms with E-state index in [1.54, 1.807) is 7.11 Å². The average molecular weight is 327 g/mol. The summed E-state index contributed by atoms with van der Waals surface area (Å²) in [6.45, 7) is 0.255. The molecule has 1 saturated carbocycles. The van der Waals surface area contributed by atoms with E-state index < -0.39 is 12.1 Å². The third-order valence-electron chi connectivity index (χ3n) is 4.85. The molecule has 23 heavy (non-hydrogen) atoms. The summed E-state index contributed by atoms with van der Waals surface area (Å²) < 4.78 is 43.7. The molecule has 2 fully saturated rings. The van der Waals surface area contributed by atoms with Crippen molar-refractivity contribution >= 4 is 5.91 Å². The molecule has 3 rings (SSSR count). The maximum absolute atomic E-state index is 12.9. The molecule has 6 heteroatoms. The lowest BCUT2D eigenvalue weighted by Gasteiger charge is -2.34. The fourth-order valence-electron chi connectivity index (χ4n) is 3.37. The topological polar surface area (TPSA) is 29.5 Å². The standard InChI is InChI=1S/C17H20F3NO2/c1-23-13-6-4-11(5-7-13)14-9-15(14)16(22)21-8-2-3-12(10-21)17(18,19)20/h4-7,12,14-15H,2-3,8-10H2,1H3/t12-,14+,15+/m1/s1. The zero-order valence-corrected chi connectivity index (χ0v) is 13.0. The number of methoxy groups -OCH3 is 1. The maximum Gasteiger partial charge on any atom is 0.393 e. The van der Waals surface area contributed by atoms with E-state index >= 15 is 0 Å². The first-order chi connectivity index (χ1) is 10.9. The van der Waals surface area contributed by atoms with Crippen LogP contribution in [0.25, 0.3) is 0 Å². The molecule has 1 saturated heterocycles. The van der Waals surface area contributed by atoms with Gasteiger partial charge in [0, 0.05) is 19.0 Å². The SMILES string of the molecule is COc1ccc([C@@H]2C[C@@H]2C(=O)N2CCC[C@@H](C(F)(F)F)C2)cc1. The molecule has 0 bridgehead atoms. The van der Waals surface area contributed by atoms with Crippen molar-refractivity contribution in [3.8, 4) is 5.75 Å². The number of halogens is 3. The van der Waals surface area contributed by atoms with E-state index in [2.05, 4.69) is 0 Å². The second-order valence-corrected chi connectivity index (χ2v) is 6.39. The van der Waals surface area contributed by atoms with Gasteiger partial charge in [-0.05, 0) is 42.9 Å². The Morgan fingerprint density at radius 3 is 2.57 bits per heavy atom. The summed E-state index contributed by atoms with van der Waals surface area (Å²) in [4.78, 5) is 13.9. The zero-order valence-electron chi connectivity index (χ0n) is 13.0. The van der Waals surface area contributed by atoms with Crippen LogP contribution < -0.4 is 4.74 Å². The molecule has 1 aromatic rings. The van der Waals surface area contributed by atoms with E-state index in [1.807, 2.05) is 24.3 Å². The minimum atomic E-state index is -4.21. The van der Waals surface area contributed by atoms with E-state index in [9.17, 15) is 18.0 Å². The van der Waals surface area contributed by atoms with Gasteiger partial charge in [0.15, 0.2) is 0 Å². The number of amides is 1. The van der Waals surface area contributed by atoms with Gasteiger partial charge in [-0.15, -0.1) is 0 Å².